The fourth-order valence-corrected chi connectivity index (χ4v) is 3.45. The first-order valence-corrected chi connectivity index (χ1v) is 8.44. The van der Waals surface area contributed by atoms with Crippen LogP contribution in [0.1, 0.15) is 40.1 Å². The van der Waals surface area contributed by atoms with E-state index in [9.17, 15) is 9.59 Å². The Kier molecular flexibility index (Phi) is 5.87. The molecule has 0 radical (unpaired) electrons. The Labute approximate surface area is 140 Å². The molecule has 0 saturated carbocycles. The zero-order valence-corrected chi connectivity index (χ0v) is 14.3. The molecule has 5 nitrogen and oxygen atoms in total. The first kappa shape index (κ1) is 17.1. The van der Waals surface area contributed by atoms with Gasteiger partial charge in [0.05, 0.1) is 5.56 Å². The molecule has 2 amide bonds. The normalized spacial score (nSPS) is 10.5. The largest absolute Gasteiger partial charge is 0.365 e. The number of nitrogens with zero attached hydrogens (tertiary/aromatic N) is 1. The summed E-state index contributed by atoms with van der Waals surface area (Å²) in [5, 5.41) is 3.39. The molecule has 0 unspecified atom stereocenters. The van der Waals surface area contributed by atoms with Gasteiger partial charge in [-0.25, -0.2) is 4.57 Å². The average molecular weight is 332 g/mol. The van der Waals surface area contributed by atoms with Gasteiger partial charge in [-0.3, -0.25) is 9.59 Å². The van der Waals surface area contributed by atoms with E-state index in [1.54, 1.807) is 0 Å². The van der Waals surface area contributed by atoms with Gasteiger partial charge in [0.2, 0.25) is 5.91 Å². The van der Waals surface area contributed by atoms with Crippen LogP contribution in [-0.2, 0) is 11.3 Å². The molecule has 122 valence electrons. The highest BCUT2D eigenvalue weighted by atomic mass is 32.1. The maximum atomic E-state index is 12.1. The quantitative estimate of drug-likeness (QED) is 0.604. The summed E-state index contributed by atoms with van der Waals surface area (Å²) in [7, 11) is 0. The summed E-state index contributed by atoms with van der Waals surface area (Å²) in [5.74, 6) is -0.575. The molecule has 0 aliphatic heterocycles. The van der Waals surface area contributed by atoms with Gasteiger partial charge in [0.1, 0.15) is 11.5 Å². The number of carbonyl (C=O) groups is 2. The van der Waals surface area contributed by atoms with Gasteiger partial charge in [-0.05, 0) is 25.8 Å². The number of carbonyl (C=O) groups excluding carboxylic acids is 2. The lowest BCUT2D eigenvalue weighted by molar-refractivity contribution is -0.697. The molecule has 2 aromatic heterocycles. The van der Waals surface area contributed by atoms with Crippen LogP contribution >= 0.6 is 11.3 Å². The van der Waals surface area contributed by atoms with Crippen molar-refractivity contribution in [3.8, 4) is 0 Å². The van der Waals surface area contributed by atoms with Crippen LogP contribution in [0.5, 0.6) is 0 Å². The van der Waals surface area contributed by atoms with Crippen molar-refractivity contribution in [2.24, 2.45) is 5.73 Å². The molecule has 0 atom stereocenters. The number of hydrogen-bond donors (Lipinski definition) is 2. The van der Waals surface area contributed by atoms with Crippen LogP contribution in [-0.4, -0.2) is 11.8 Å². The minimum Gasteiger partial charge on any atom is -0.365 e. The van der Waals surface area contributed by atoms with E-state index in [-0.39, 0.29) is 5.91 Å². The number of primary amides is 1. The number of nitrogens with one attached hydrogen (secondary N) is 1. The van der Waals surface area contributed by atoms with E-state index in [0.29, 0.717) is 17.0 Å². The van der Waals surface area contributed by atoms with Crippen molar-refractivity contribution in [1.29, 1.82) is 0 Å². The lowest BCUT2D eigenvalue weighted by Crippen LogP contribution is -2.32. The number of anilines is 1. The fraction of sp³-hybridized carbons (Fsp3) is 0.353. The average Bonchev–Trinajstić information content (AvgIpc) is 2.79. The number of aryl methyl sites for hydroxylation is 2. The number of hydrogen-bond acceptors (Lipinski definition) is 3. The first-order chi connectivity index (χ1) is 11.0. The van der Waals surface area contributed by atoms with Crippen LogP contribution in [0.4, 0.5) is 5.00 Å². The summed E-state index contributed by atoms with van der Waals surface area (Å²) in [6.07, 6.45) is 6.17. The molecule has 2 rings (SSSR count). The number of amides is 2. The molecule has 0 bridgehead atoms. The molecule has 2 heterocycles. The highest BCUT2D eigenvalue weighted by Crippen LogP contribution is 2.32. The molecule has 2 aromatic rings. The molecule has 23 heavy (non-hydrogen) atoms. The van der Waals surface area contributed by atoms with E-state index in [1.807, 2.05) is 44.4 Å². The maximum Gasteiger partial charge on any atom is 0.251 e. The summed E-state index contributed by atoms with van der Waals surface area (Å²) in [5.41, 5.74) is 6.68. The van der Waals surface area contributed by atoms with Gasteiger partial charge in [0.15, 0.2) is 12.4 Å². The molecule has 0 fully saturated rings. The Balaban J connectivity index is 1.83. The topological polar surface area (TPSA) is 76.1 Å². The molecular formula is C17H22N3O2S+. The van der Waals surface area contributed by atoms with E-state index >= 15 is 0 Å². The predicted octanol–water partition coefficient (Wildman–Crippen LogP) is 2.56. The number of aromatic nitrogens is 1. The Morgan fingerprint density at radius 3 is 2.52 bits per heavy atom. The Bertz CT molecular complexity index is 695. The van der Waals surface area contributed by atoms with Crippen molar-refractivity contribution in [1.82, 2.24) is 0 Å². The Morgan fingerprint density at radius 2 is 1.87 bits per heavy atom. The van der Waals surface area contributed by atoms with Crippen molar-refractivity contribution >= 4 is 28.2 Å². The molecular weight excluding hydrogens is 310 g/mol. The third kappa shape index (κ3) is 4.63. The third-order valence-corrected chi connectivity index (χ3v) is 4.85. The highest BCUT2D eigenvalue weighted by molar-refractivity contribution is 7.16. The maximum absolute atomic E-state index is 12.1. The molecule has 0 spiro atoms. The number of thiophene rings is 1. The van der Waals surface area contributed by atoms with Crippen LogP contribution in [0.15, 0.2) is 30.6 Å². The minimum atomic E-state index is -0.498. The molecule has 0 aromatic carbocycles. The number of nitrogens with two attached hydrogens (primary N) is 1. The van der Waals surface area contributed by atoms with Gasteiger partial charge >= 0.3 is 0 Å². The second kappa shape index (κ2) is 7.87. The first-order valence-electron chi connectivity index (χ1n) is 7.62. The lowest BCUT2D eigenvalue weighted by atomic mass is 10.1. The number of unbranched alkanes of at least 4 members (excludes halogenated alkanes) is 1. The summed E-state index contributed by atoms with van der Waals surface area (Å²) in [6, 6.07) is 5.95. The summed E-state index contributed by atoms with van der Waals surface area (Å²) < 4.78 is 2.09. The van der Waals surface area contributed by atoms with Crippen molar-refractivity contribution in [3.63, 3.8) is 0 Å². The van der Waals surface area contributed by atoms with Crippen molar-refractivity contribution in [3.05, 3.63) is 46.6 Å². The smallest absolute Gasteiger partial charge is 0.251 e. The number of rotatable bonds is 7. The lowest BCUT2D eigenvalue weighted by Gasteiger charge is -2.04. The van der Waals surface area contributed by atoms with Crippen molar-refractivity contribution < 1.29 is 14.2 Å². The van der Waals surface area contributed by atoms with E-state index in [1.165, 1.54) is 11.3 Å². The third-order valence-electron chi connectivity index (χ3n) is 3.73. The van der Waals surface area contributed by atoms with Crippen molar-refractivity contribution in [2.45, 2.75) is 39.7 Å². The van der Waals surface area contributed by atoms with Crippen molar-refractivity contribution in [2.75, 3.05) is 5.32 Å². The van der Waals surface area contributed by atoms with E-state index in [2.05, 4.69) is 9.88 Å². The molecule has 6 heteroatoms. The fourth-order valence-electron chi connectivity index (χ4n) is 2.36. The van der Waals surface area contributed by atoms with E-state index in [4.69, 9.17) is 5.73 Å². The predicted molar refractivity (Wildman–Crippen MR) is 91.4 cm³/mol. The highest BCUT2D eigenvalue weighted by Gasteiger charge is 2.18. The van der Waals surface area contributed by atoms with Gasteiger partial charge < -0.3 is 11.1 Å². The van der Waals surface area contributed by atoms with Crippen LogP contribution in [0.2, 0.25) is 0 Å². The number of pyridine rings is 1. The van der Waals surface area contributed by atoms with E-state index in [0.717, 1.165) is 29.8 Å². The van der Waals surface area contributed by atoms with Crippen LogP contribution < -0.4 is 15.6 Å². The Morgan fingerprint density at radius 1 is 1.17 bits per heavy atom. The molecule has 0 aliphatic rings. The van der Waals surface area contributed by atoms with Gasteiger partial charge in [-0.1, -0.05) is 6.07 Å². The second-order valence-electron chi connectivity index (χ2n) is 5.47. The van der Waals surface area contributed by atoms with Gasteiger partial charge in [0, 0.05) is 29.9 Å². The van der Waals surface area contributed by atoms with Gasteiger partial charge in [0.25, 0.3) is 5.91 Å². The standard InChI is InChI=1S/C17H21N3O2S/c1-12-13(2)23-17(15(12)16(18)22)19-14(21)8-4-7-11-20-9-5-3-6-10-20/h3,5-6,9-10H,4,7-8,11H2,1-2H3,(H2-,18,19,21,22)/p+1. The van der Waals surface area contributed by atoms with Gasteiger partial charge in [-0.2, -0.15) is 0 Å². The van der Waals surface area contributed by atoms with Crippen LogP contribution in [0.25, 0.3) is 0 Å². The molecule has 3 N–H and O–H groups in total. The SMILES string of the molecule is Cc1sc(NC(=O)CCCC[n+]2ccccc2)c(C(N)=O)c1C. The van der Waals surface area contributed by atoms with E-state index < -0.39 is 5.91 Å². The molecule has 0 aliphatic carbocycles. The van der Waals surface area contributed by atoms with Crippen LogP contribution in [0, 0.1) is 13.8 Å². The monoisotopic (exact) mass is 332 g/mol. The summed E-state index contributed by atoms with van der Waals surface area (Å²) in [6.45, 7) is 4.65. The zero-order chi connectivity index (χ0) is 16.8. The Hall–Kier alpha value is -2.21. The van der Waals surface area contributed by atoms with Gasteiger partial charge in [-0.15, -0.1) is 11.3 Å². The van der Waals surface area contributed by atoms with Crippen LogP contribution in [0.3, 0.4) is 0 Å². The minimum absolute atomic E-state index is 0.0770. The zero-order valence-electron chi connectivity index (χ0n) is 13.5. The second-order valence-corrected chi connectivity index (χ2v) is 6.69. The summed E-state index contributed by atoms with van der Waals surface area (Å²) >= 11 is 1.40. The molecule has 0 saturated heterocycles. The summed E-state index contributed by atoms with van der Waals surface area (Å²) in [4.78, 5) is 24.6.